The average Bonchev–Trinajstić information content (AvgIpc) is 2.51. The predicted octanol–water partition coefficient (Wildman–Crippen LogP) is 0.848. The molecular weight excluding hydrogens is 296 g/mol. The Bertz CT molecular complexity index is 501. The molecule has 0 aliphatic heterocycles. The SMILES string of the molecule is COC(C)(COCCOCCO)S(=O)(=O)c1ccccc1. The minimum absolute atomic E-state index is 0.0574. The van der Waals surface area contributed by atoms with Gasteiger partial charge in [0, 0.05) is 7.11 Å². The number of sulfone groups is 1. The van der Waals surface area contributed by atoms with Gasteiger partial charge in [0.1, 0.15) is 0 Å². The van der Waals surface area contributed by atoms with Crippen molar-refractivity contribution in [2.75, 3.05) is 40.1 Å². The van der Waals surface area contributed by atoms with Crippen LogP contribution in [0.2, 0.25) is 0 Å². The van der Waals surface area contributed by atoms with Gasteiger partial charge < -0.3 is 19.3 Å². The summed E-state index contributed by atoms with van der Waals surface area (Å²) in [6.07, 6.45) is 0. The lowest BCUT2D eigenvalue weighted by molar-refractivity contribution is -0.0298. The number of hydrogen-bond donors (Lipinski definition) is 1. The number of aliphatic hydroxyl groups excluding tert-OH is 1. The molecule has 0 fully saturated rings. The first-order valence-corrected chi connectivity index (χ1v) is 8.07. The van der Waals surface area contributed by atoms with E-state index in [1.165, 1.54) is 26.2 Å². The van der Waals surface area contributed by atoms with Crippen LogP contribution < -0.4 is 0 Å². The third-order valence-corrected chi connectivity index (χ3v) is 5.34. The summed E-state index contributed by atoms with van der Waals surface area (Å²) in [6.45, 7) is 2.05. The zero-order chi connectivity index (χ0) is 15.8. The van der Waals surface area contributed by atoms with Crippen LogP contribution in [-0.2, 0) is 24.0 Å². The molecule has 21 heavy (non-hydrogen) atoms. The van der Waals surface area contributed by atoms with Gasteiger partial charge in [-0.05, 0) is 19.1 Å². The molecule has 120 valence electrons. The van der Waals surface area contributed by atoms with Crippen LogP contribution >= 0.6 is 0 Å². The molecule has 0 aromatic heterocycles. The van der Waals surface area contributed by atoms with E-state index in [0.29, 0.717) is 0 Å². The lowest BCUT2D eigenvalue weighted by Gasteiger charge is -2.27. The predicted molar refractivity (Wildman–Crippen MR) is 77.8 cm³/mol. The fourth-order valence-corrected chi connectivity index (χ4v) is 3.11. The number of benzene rings is 1. The fraction of sp³-hybridized carbons (Fsp3) is 0.571. The maximum atomic E-state index is 12.6. The summed E-state index contributed by atoms with van der Waals surface area (Å²) in [5.74, 6) is 0. The summed E-state index contributed by atoms with van der Waals surface area (Å²) in [4.78, 5) is -1.28. The van der Waals surface area contributed by atoms with Crippen LogP contribution in [0.25, 0.3) is 0 Å². The minimum atomic E-state index is -3.68. The summed E-state index contributed by atoms with van der Waals surface area (Å²) in [5, 5.41) is 8.56. The second-order valence-electron chi connectivity index (χ2n) is 4.54. The molecule has 1 atom stereocenters. The number of hydrogen-bond acceptors (Lipinski definition) is 6. The van der Waals surface area contributed by atoms with Crippen LogP contribution in [0, 0.1) is 0 Å². The lowest BCUT2D eigenvalue weighted by Crippen LogP contribution is -2.42. The molecule has 1 aromatic carbocycles. The van der Waals surface area contributed by atoms with Crippen molar-refractivity contribution in [1.82, 2.24) is 0 Å². The molecular formula is C14H22O6S. The molecule has 0 saturated carbocycles. The Labute approximate surface area is 125 Å². The first-order valence-electron chi connectivity index (χ1n) is 6.59. The van der Waals surface area contributed by atoms with Gasteiger partial charge in [-0.15, -0.1) is 0 Å². The Morgan fingerprint density at radius 1 is 1.10 bits per heavy atom. The van der Waals surface area contributed by atoms with Crippen LogP contribution in [0.15, 0.2) is 35.2 Å². The highest BCUT2D eigenvalue weighted by Gasteiger charge is 2.40. The van der Waals surface area contributed by atoms with Crippen molar-refractivity contribution in [3.05, 3.63) is 30.3 Å². The molecule has 1 rings (SSSR count). The number of rotatable bonds is 10. The normalized spacial score (nSPS) is 14.8. The maximum Gasteiger partial charge on any atom is 0.210 e. The van der Waals surface area contributed by atoms with E-state index in [0.717, 1.165) is 0 Å². The second-order valence-corrected chi connectivity index (χ2v) is 6.88. The van der Waals surface area contributed by atoms with Crippen molar-refractivity contribution in [1.29, 1.82) is 0 Å². The zero-order valence-corrected chi connectivity index (χ0v) is 13.1. The quantitative estimate of drug-likeness (QED) is 0.644. The molecule has 0 radical (unpaired) electrons. The summed E-state index contributed by atoms with van der Waals surface area (Å²) >= 11 is 0. The van der Waals surface area contributed by atoms with Gasteiger partial charge in [0.05, 0.1) is 37.9 Å². The van der Waals surface area contributed by atoms with Crippen molar-refractivity contribution in [2.45, 2.75) is 16.8 Å². The van der Waals surface area contributed by atoms with E-state index in [1.54, 1.807) is 18.2 Å². The Kier molecular flexibility index (Phi) is 7.27. The second kappa shape index (κ2) is 8.45. The molecule has 0 saturated heterocycles. The zero-order valence-electron chi connectivity index (χ0n) is 12.3. The highest BCUT2D eigenvalue weighted by atomic mass is 32.2. The van der Waals surface area contributed by atoms with Crippen LogP contribution in [0.1, 0.15) is 6.92 Å². The maximum absolute atomic E-state index is 12.6. The van der Waals surface area contributed by atoms with Crippen molar-refractivity contribution in [3.63, 3.8) is 0 Å². The van der Waals surface area contributed by atoms with E-state index < -0.39 is 14.8 Å². The van der Waals surface area contributed by atoms with Gasteiger partial charge >= 0.3 is 0 Å². The van der Waals surface area contributed by atoms with Crippen LogP contribution in [0.3, 0.4) is 0 Å². The van der Waals surface area contributed by atoms with Crippen molar-refractivity contribution < 1.29 is 27.7 Å². The largest absolute Gasteiger partial charge is 0.394 e. The van der Waals surface area contributed by atoms with Gasteiger partial charge in [-0.1, -0.05) is 18.2 Å². The summed E-state index contributed by atoms with van der Waals surface area (Å²) in [7, 11) is -2.34. The third kappa shape index (κ3) is 4.76. The molecule has 1 N–H and O–H groups in total. The molecule has 0 amide bonds. The van der Waals surface area contributed by atoms with Crippen LogP contribution in [-0.4, -0.2) is 58.6 Å². The summed E-state index contributed by atoms with van der Waals surface area (Å²) < 4.78 is 40.7. The van der Waals surface area contributed by atoms with Gasteiger partial charge in [-0.25, -0.2) is 8.42 Å². The molecule has 0 aliphatic carbocycles. The van der Waals surface area contributed by atoms with Gasteiger partial charge in [0.15, 0.2) is 4.93 Å². The van der Waals surface area contributed by atoms with Crippen molar-refractivity contribution >= 4 is 9.84 Å². The highest BCUT2D eigenvalue weighted by molar-refractivity contribution is 7.92. The van der Waals surface area contributed by atoms with Crippen LogP contribution in [0.4, 0.5) is 0 Å². The topological polar surface area (TPSA) is 82.1 Å². The molecule has 7 heteroatoms. The van der Waals surface area contributed by atoms with Gasteiger partial charge in [-0.2, -0.15) is 0 Å². The monoisotopic (exact) mass is 318 g/mol. The molecule has 0 bridgehead atoms. The van der Waals surface area contributed by atoms with E-state index in [9.17, 15) is 8.42 Å². The molecule has 0 heterocycles. The first kappa shape index (κ1) is 18.1. The molecule has 0 aliphatic rings. The van der Waals surface area contributed by atoms with Gasteiger partial charge in [0.2, 0.25) is 9.84 Å². The van der Waals surface area contributed by atoms with E-state index >= 15 is 0 Å². The van der Waals surface area contributed by atoms with Crippen LogP contribution in [0.5, 0.6) is 0 Å². The molecule has 1 unspecified atom stereocenters. The highest BCUT2D eigenvalue weighted by Crippen LogP contribution is 2.26. The molecule has 6 nitrogen and oxygen atoms in total. The molecule has 0 spiro atoms. The van der Waals surface area contributed by atoms with E-state index in [1.807, 2.05) is 0 Å². The fourth-order valence-electron chi connectivity index (χ4n) is 1.64. The summed E-state index contributed by atoms with van der Waals surface area (Å²) in [6, 6.07) is 8.12. The number of ether oxygens (including phenoxy) is 3. The van der Waals surface area contributed by atoms with E-state index in [4.69, 9.17) is 19.3 Å². The van der Waals surface area contributed by atoms with Gasteiger partial charge in [-0.3, -0.25) is 0 Å². The smallest absolute Gasteiger partial charge is 0.210 e. The number of aliphatic hydroxyl groups is 1. The van der Waals surface area contributed by atoms with E-state index in [-0.39, 0.29) is 37.9 Å². The average molecular weight is 318 g/mol. The third-order valence-electron chi connectivity index (χ3n) is 3.03. The van der Waals surface area contributed by atoms with Crippen molar-refractivity contribution in [2.24, 2.45) is 0 Å². The summed E-state index contributed by atoms with van der Waals surface area (Å²) in [5.41, 5.74) is 0. The Morgan fingerprint density at radius 3 is 2.29 bits per heavy atom. The lowest BCUT2D eigenvalue weighted by atomic mass is 10.4. The Hall–Kier alpha value is -0.990. The first-order chi connectivity index (χ1) is 9.98. The van der Waals surface area contributed by atoms with Gasteiger partial charge in [0.25, 0.3) is 0 Å². The Morgan fingerprint density at radius 2 is 1.71 bits per heavy atom. The van der Waals surface area contributed by atoms with E-state index in [2.05, 4.69) is 0 Å². The van der Waals surface area contributed by atoms with Crippen molar-refractivity contribution in [3.8, 4) is 0 Å². The number of methoxy groups -OCH3 is 1. The Balaban J connectivity index is 2.66. The standard InChI is InChI=1S/C14H22O6S/c1-14(18-2,12-20-11-10-19-9-8-15)21(16,17)13-6-4-3-5-7-13/h3-7,15H,8-12H2,1-2H3. The molecule has 1 aromatic rings. The minimum Gasteiger partial charge on any atom is -0.394 e.